The fraction of sp³-hybridized carbons (Fsp3) is 0. The molecular formula is C12H12AsB. The van der Waals surface area contributed by atoms with Crippen LogP contribution in [0.3, 0.4) is 0 Å². The Labute approximate surface area is 90.5 Å². The fourth-order valence-electron chi connectivity index (χ4n) is 1.45. The molecule has 0 nitrogen and oxygen atoms in total. The average molecular weight is 242 g/mol. The van der Waals surface area contributed by atoms with Gasteiger partial charge in [0.1, 0.15) is 0 Å². The van der Waals surface area contributed by atoms with Gasteiger partial charge in [-0.1, -0.05) is 0 Å². The summed E-state index contributed by atoms with van der Waals surface area (Å²) in [7, 11) is 0. The van der Waals surface area contributed by atoms with Crippen molar-refractivity contribution >= 4 is 29.7 Å². The van der Waals surface area contributed by atoms with Gasteiger partial charge in [-0.15, -0.1) is 0 Å². The first-order valence-corrected chi connectivity index (χ1v) is 8.47. The van der Waals surface area contributed by atoms with Gasteiger partial charge in [0.05, 0.1) is 0 Å². The van der Waals surface area contributed by atoms with E-state index in [1.54, 1.807) is 0 Å². The number of rotatable bonds is 2. The van der Waals surface area contributed by atoms with Gasteiger partial charge < -0.3 is 0 Å². The molecule has 0 fully saturated rings. The van der Waals surface area contributed by atoms with Crippen LogP contribution in [-0.4, -0.2) is 21.0 Å². The molecule has 0 aliphatic rings. The first-order valence-electron chi connectivity index (χ1n) is 4.72. The van der Waals surface area contributed by atoms with E-state index in [4.69, 9.17) is 0 Å². The first-order chi connectivity index (χ1) is 6.88. The van der Waals surface area contributed by atoms with Crippen molar-refractivity contribution in [3.63, 3.8) is 0 Å². The van der Waals surface area contributed by atoms with Crippen LogP contribution >= 0.6 is 0 Å². The SMILES string of the molecule is B[As](c1ccccc1)c1ccccc1. The van der Waals surface area contributed by atoms with Crippen molar-refractivity contribution < 1.29 is 0 Å². The minimum atomic E-state index is -0.989. The third-order valence-corrected chi connectivity index (χ3v) is 6.79. The Morgan fingerprint density at radius 3 is 1.36 bits per heavy atom. The van der Waals surface area contributed by atoms with Crippen molar-refractivity contribution in [2.75, 3.05) is 0 Å². The van der Waals surface area contributed by atoms with Crippen molar-refractivity contribution in [2.24, 2.45) is 0 Å². The van der Waals surface area contributed by atoms with E-state index in [1.165, 1.54) is 8.70 Å². The molecule has 0 aliphatic heterocycles. The topological polar surface area (TPSA) is 0 Å². The standard InChI is InChI=1S/C12H12AsB/c14-13(11-7-3-1-4-8-11)12-9-5-2-6-10-12/h1-10H,14H2. The molecule has 0 saturated heterocycles. The first kappa shape index (κ1) is 9.61. The normalized spacial score (nSPS) is 10.4. The van der Waals surface area contributed by atoms with Crippen LogP contribution in [0.15, 0.2) is 60.7 Å². The maximum absolute atomic E-state index is 2.39. The van der Waals surface area contributed by atoms with E-state index < -0.39 is 14.5 Å². The van der Waals surface area contributed by atoms with Gasteiger partial charge in [0, 0.05) is 0 Å². The summed E-state index contributed by atoms with van der Waals surface area (Å²) < 4.78 is 3.04. The Hall–Kier alpha value is -0.937. The Morgan fingerprint density at radius 2 is 1.00 bits per heavy atom. The maximum atomic E-state index is 2.39. The third kappa shape index (κ3) is 2.11. The second-order valence-corrected chi connectivity index (χ2v) is 7.74. The molecule has 0 bridgehead atoms. The molecule has 0 saturated carbocycles. The van der Waals surface area contributed by atoms with Gasteiger partial charge in [-0.2, -0.15) is 0 Å². The second kappa shape index (κ2) is 4.53. The van der Waals surface area contributed by atoms with Crippen molar-refractivity contribution in [1.82, 2.24) is 0 Å². The van der Waals surface area contributed by atoms with Crippen LogP contribution < -0.4 is 8.70 Å². The molecule has 0 atom stereocenters. The quantitative estimate of drug-likeness (QED) is 0.669. The Kier molecular flexibility index (Phi) is 3.11. The van der Waals surface area contributed by atoms with E-state index in [-0.39, 0.29) is 0 Å². The van der Waals surface area contributed by atoms with Gasteiger partial charge in [0.15, 0.2) is 0 Å². The van der Waals surface area contributed by atoms with E-state index in [0.29, 0.717) is 0 Å². The Balaban J connectivity index is 2.30. The molecule has 2 aromatic carbocycles. The molecule has 0 radical (unpaired) electrons. The summed E-state index contributed by atoms with van der Waals surface area (Å²) in [5, 5.41) is 0. The molecule has 2 rings (SSSR count). The van der Waals surface area contributed by atoms with Gasteiger partial charge in [-0.25, -0.2) is 0 Å². The molecule has 0 heterocycles. The van der Waals surface area contributed by atoms with Crippen molar-refractivity contribution in [2.45, 2.75) is 0 Å². The van der Waals surface area contributed by atoms with Gasteiger partial charge in [-0.05, 0) is 0 Å². The van der Waals surface area contributed by atoms with E-state index >= 15 is 0 Å². The van der Waals surface area contributed by atoms with E-state index in [0.717, 1.165) is 0 Å². The predicted octanol–water partition coefficient (Wildman–Crippen LogP) is 0.425. The zero-order valence-corrected chi connectivity index (χ0v) is 10.1. The minimum absolute atomic E-state index is 0.989. The molecule has 0 unspecified atom stereocenters. The summed E-state index contributed by atoms with van der Waals surface area (Å²) in [6.07, 6.45) is 0. The second-order valence-electron chi connectivity index (χ2n) is 3.23. The monoisotopic (exact) mass is 242 g/mol. The summed E-state index contributed by atoms with van der Waals surface area (Å²) in [5.41, 5.74) is 0. The summed E-state index contributed by atoms with van der Waals surface area (Å²) in [6.45, 7) is 2.39. The van der Waals surface area contributed by atoms with Crippen molar-refractivity contribution in [3.05, 3.63) is 60.7 Å². The zero-order valence-electron chi connectivity index (χ0n) is 8.22. The predicted molar refractivity (Wildman–Crippen MR) is 66.5 cm³/mol. The van der Waals surface area contributed by atoms with Crippen LogP contribution in [0.2, 0.25) is 0 Å². The molecule has 68 valence electrons. The van der Waals surface area contributed by atoms with Crippen LogP contribution in [0.25, 0.3) is 0 Å². The van der Waals surface area contributed by atoms with Gasteiger partial charge in [0.25, 0.3) is 0 Å². The average Bonchev–Trinajstić information content (AvgIpc) is 2.30. The molecule has 0 amide bonds. The van der Waals surface area contributed by atoms with Crippen LogP contribution in [0, 0.1) is 0 Å². The van der Waals surface area contributed by atoms with Crippen LogP contribution in [0.5, 0.6) is 0 Å². The molecule has 0 aromatic heterocycles. The number of hydrogen-bond acceptors (Lipinski definition) is 0. The van der Waals surface area contributed by atoms with Gasteiger partial charge >= 0.3 is 90.4 Å². The van der Waals surface area contributed by atoms with E-state index in [2.05, 4.69) is 67.2 Å². The molecule has 0 N–H and O–H groups in total. The van der Waals surface area contributed by atoms with E-state index in [1.807, 2.05) is 0 Å². The van der Waals surface area contributed by atoms with Crippen LogP contribution in [0.4, 0.5) is 0 Å². The van der Waals surface area contributed by atoms with Gasteiger partial charge in [-0.3, -0.25) is 0 Å². The molecule has 0 spiro atoms. The van der Waals surface area contributed by atoms with Crippen LogP contribution in [-0.2, 0) is 0 Å². The van der Waals surface area contributed by atoms with Crippen LogP contribution in [0.1, 0.15) is 0 Å². The van der Waals surface area contributed by atoms with Crippen molar-refractivity contribution in [1.29, 1.82) is 0 Å². The Morgan fingerprint density at radius 1 is 0.643 bits per heavy atom. The Bertz CT molecular complexity index is 346. The van der Waals surface area contributed by atoms with E-state index in [9.17, 15) is 0 Å². The summed E-state index contributed by atoms with van der Waals surface area (Å²) in [6, 6.07) is 21.6. The zero-order chi connectivity index (χ0) is 9.80. The van der Waals surface area contributed by atoms with Gasteiger partial charge in [0.2, 0.25) is 0 Å². The number of hydrogen-bond donors (Lipinski definition) is 0. The molecule has 0 aliphatic carbocycles. The third-order valence-electron chi connectivity index (χ3n) is 2.29. The molecule has 2 aromatic rings. The molecule has 14 heavy (non-hydrogen) atoms. The summed E-state index contributed by atoms with van der Waals surface area (Å²) in [4.78, 5) is 0. The fourth-order valence-corrected chi connectivity index (χ4v) is 4.68. The molecule has 2 heteroatoms. The summed E-state index contributed by atoms with van der Waals surface area (Å²) >= 11 is -0.989. The summed E-state index contributed by atoms with van der Waals surface area (Å²) in [5.74, 6) is 0. The molecular weight excluding hydrogens is 230 g/mol. The number of benzene rings is 2. The van der Waals surface area contributed by atoms with Crippen molar-refractivity contribution in [3.8, 4) is 0 Å².